The van der Waals surface area contributed by atoms with Gasteiger partial charge in [-0.2, -0.15) is 0 Å². The highest BCUT2D eigenvalue weighted by atomic mass is 16.5. The molecule has 4 rings (SSSR count). The van der Waals surface area contributed by atoms with Gasteiger partial charge in [0.2, 0.25) is 0 Å². The van der Waals surface area contributed by atoms with Gasteiger partial charge in [0, 0.05) is 18.9 Å². The van der Waals surface area contributed by atoms with E-state index in [4.69, 9.17) is 4.74 Å². The molecule has 1 heterocycles. The van der Waals surface area contributed by atoms with E-state index in [2.05, 4.69) is 41.3 Å². The highest BCUT2D eigenvalue weighted by Crippen LogP contribution is 2.41. The van der Waals surface area contributed by atoms with Gasteiger partial charge in [-0.05, 0) is 54.8 Å². The van der Waals surface area contributed by atoms with Crippen LogP contribution in [0.2, 0.25) is 0 Å². The van der Waals surface area contributed by atoms with Crippen molar-refractivity contribution >= 4 is 0 Å². The first-order valence-corrected chi connectivity index (χ1v) is 10.9. The number of ether oxygens (including phenoxy) is 1. The molecule has 0 saturated carbocycles. The number of hydrogen-bond acceptors (Lipinski definition) is 3. The van der Waals surface area contributed by atoms with Crippen molar-refractivity contribution in [2.24, 2.45) is 0 Å². The average molecular weight is 402 g/mol. The zero-order valence-corrected chi connectivity index (χ0v) is 17.7. The van der Waals surface area contributed by atoms with Crippen LogP contribution < -0.4 is 4.74 Å². The fourth-order valence-corrected chi connectivity index (χ4v) is 4.65. The molecule has 0 aromatic heterocycles. The van der Waals surface area contributed by atoms with Crippen LogP contribution in [0.15, 0.2) is 84.9 Å². The van der Waals surface area contributed by atoms with Crippen LogP contribution in [0.25, 0.3) is 0 Å². The van der Waals surface area contributed by atoms with Crippen molar-refractivity contribution in [3.05, 3.63) is 102 Å². The van der Waals surface area contributed by atoms with Crippen molar-refractivity contribution in [2.45, 2.75) is 30.8 Å². The van der Waals surface area contributed by atoms with Crippen LogP contribution in [0, 0.1) is 0 Å². The first kappa shape index (κ1) is 20.6. The third-order valence-electron chi connectivity index (χ3n) is 6.32. The molecule has 1 saturated heterocycles. The van der Waals surface area contributed by atoms with Crippen molar-refractivity contribution in [1.29, 1.82) is 0 Å². The van der Waals surface area contributed by atoms with E-state index < -0.39 is 5.60 Å². The number of rotatable bonds is 8. The molecule has 0 aliphatic carbocycles. The molecule has 0 amide bonds. The largest absolute Gasteiger partial charge is 0.497 e. The lowest BCUT2D eigenvalue weighted by atomic mass is 9.73. The summed E-state index contributed by atoms with van der Waals surface area (Å²) in [6.45, 7) is 3.06. The summed E-state index contributed by atoms with van der Waals surface area (Å²) in [5, 5.41) is 12.4. The maximum atomic E-state index is 12.4. The Morgan fingerprint density at radius 2 is 1.47 bits per heavy atom. The Hall–Kier alpha value is -2.62. The number of hydrogen-bond donors (Lipinski definition) is 1. The molecule has 30 heavy (non-hydrogen) atoms. The predicted molar refractivity (Wildman–Crippen MR) is 122 cm³/mol. The third kappa shape index (κ3) is 4.58. The third-order valence-corrected chi connectivity index (χ3v) is 6.32. The molecule has 1 fully saturated rings. The van der Waals surface area contributed by atoms with E-state index in [1.54, 1.807) is 7.11 Å². The summed E-state index contributed by atoms with van der Waals surface area (Å²) in [4.78, 5) is 2.50. The summed E-state index contributed by atoms with van der Waals surface area (Å²) >= 11 is 0. The maximum absolute atomic E-state index is 12.4. The molecule has 3 nitrogen and oxygen atoms in total. The second kappa shape index (κ2) is 9.46. The van der Waals surface area contributed by atoms with Crippen LogP contribution in [0.3, 0.4) is 0 Å². The summed E-state index contributed by atoms with van der Waals surface area (Å²) in [6.07, 6.45) is 3.04. The molecule has 1 aliphatic rings. The molecule has 156 valence electrons. The molecule has 2 atom stereocenters. The molecule has 0 bridgehead atoms. The van der Waals surface area contributed by atoms with E-state index in [1.165, 1.54) is 18.4 Å². The van der Waals surface area contributed by atoms with Gasteiger partial charge in [0.25, 0.3) is 0 Å². The minimum absolute atomic E-state index is 0.0367. The summed E-state index contributed by atoms with van der Waals surface area (Å²) in [7, 11) is 1.67. The van der Waals surface area contributed by atoms with Crippen LogP contribution in [0.1, 0.15) is 35.4 Å². The fourth-order valence-electron chi connectivity index (χ4n) is 4.65. The monoisotopic (exact) mass is 401 g/mol. The van der Waals surface area contributed by atoms with Crippen molar-refractivity contribution in [1.82, 2.24) is 4.90 Å². The summed E-state index contributed by atoms with van der Waals surface area (Å²) in [5.41, 5.74) is 2.22. The van der Waals surface area contributed by atoms with E-state index in [0.29, 0.717) is 6.42 Å². The van der Waals surface area contributed by atoms with Crippen molar-refractivity contribution in [3.8, 4) is 5.75 Å². The molecule has 0 unspecified atom stereocenters. The molecule has 0 radical (unpaired) electrons. The van der Waals surface area contributed by atoms with Gasteiger partial charge in [-0.15, -0.1) is 0 Å². The topological polar surface area (TPSA) is 32.7 Å². The van der Waals surface area contributed by atoms with Gasteiger partial charge in [0.05, 0.1) is 7.11 Å². The molecular formula is C27H31NO2. The summed E-state index contributed by atoms with van der Waals surface area (Å²) < 4.78 is 5.36. The highest BCUT2D eigenvalue weighted by Gasteiger charge is 2.40. The number of aliphatic hydroxyl groups is 1. The Morgan fingerprint density at radius 1 is 0.867 bits per heavy atom. The molecular weight excluding hydrogens is 370 g/mol. The fraction of sp³-hybridized carbons (Fsp3) is 0.333. The minimum Gasteiger partial charge on any atom is -0.497 e. The van der Waals surface area contributed by atoms with E-state index in [-0.39, 0.29) is 5.92 Å². The van der Waals surface area contributed by atoms with E-state index in [9.17, 15) is 5.11 Å². The van der Waals surface area contributed by atoms with Crippen LogP contribution in [0.4, 0.5) is 0 Å². The number of benzene rings is 3. The quantitative estimate of drug-likeness (QED) is 0.576. The summed E-state index contributed by atoms with van der Waals surface area (Å²) in [5.74, 6) is 0.766. The van der Waals surface area contributed by atoms with Gasteiger partial charge in [-0.25, -0.2) is 0 Å². The van der Waals surface area contributed by atoms with E-state index in [1.807, 2.05) is 48.5 Å². The Labute approximate surface area is 179 Å². The number of likely N-dealkylation sites (tertiary alicyclic amines) is 1. The lowest BCUT2D eigenvalue weighted by molar-refractivity contribution is -0.00292. The second-order valence-corrected chi connectivity index (χ2v) is 8.29. The van der Waals surface area contributed by atoms with Crippen LogP contribution in [-0.4, -0.2) is 36.8 Å². The standard InChI is InChI=1S/C27H31NO2/c1-30-25-16-14-24(15-17-25)27(29,20-22-10-4-2-5-11-22)26(21-28-18-8-9-19-28)23-12-6-3-7-13-23/h2-7,10-17,26,29H,8-9,18-21H2,1H3/t26-,27-/m1/s1. The lowest BCUT2D eigenvalue weighted by Gasteiger charge is -2.39. The predicted octanol–water partition coefficient (Wildman–Crippen LogP) is 5.01. The van der Waals surface area contributed by atoms with Crippen LogP contribution >= 0.6 is 0 Å². The van der Waals surface area contributed by atoms with Gasteiger partial charge in [0.15, 0.2) is 0 Å². The normalized spacial score (nSPS) is 17.4. The average Bonchev–Trinajstić information content (AvgIpc) is 3.32. The Morgan fingerprint density at radius 3 is 2.07 bits per heavy atom. The first-order chi connectivity index (χ1) is 14.7. The zero-order chi connectivity index (χ0) is 20.8. The zero-order valence-electron chi connectivity index (χ0n) is 17.7. The van der Waals surface area contributed by atoms with Gasteiger partial charge in [-0.3, -0.25) is 0 Å². The van der Waals surface area contributed by atoms with Gasteiger partial charge in [-0.1, -0.05) is 72.8 Å². The molecule has 0 spiro atoms. The van der Waals surface area contributed by atoms with Gasteiger partial charge >= 0.3 is 0 Å². The Kier molecular flexibility index (Phi) is 6.51. The van der Waals surface area contributed by atoms with Crippen LogP contribution in [0.5, 0.6) is 5.75 Å². The van der Waals surface area contributed by atoms with Crippen molar-refractivity contribution in [3.63, 3.8) is 0 Å². The molecule has 3 aromatic rings. The van der Waals surface area contributed by atoms with E-state index >= 15 is 0 Å². The number of methoxy groups -OCH3 is 1. The smallest absolute Gasteiger partial charge is 0.118 e. The summed E-state index contributed by atoms with van der Waals surface area (Å²) in [6, 6.07) is 28.7. The maximum Gasteiger partial charge on any atom is 0.118 e. The lowest BCUT2D eigenvalue weighted by Crippen LogP contribution is -2.42. The SMILES string of the molecule is COc1ccc([C@](O)(Cc2ccccc2)[C@H](CN2CCCC2)c2ccccc2)cc1. The first-order valence-electron chi connectivity index (χ1n) is 10.9. The van der Waals surface area contributed by atoms with Gasteiger partial charge < -0.3 is 14.7 Å². The van der Waals surface area contributed by atoms with Crippen LogP contribution in [-0.2, 0) is 12.0 Å². The Balaban J connectivity index is 1.78. The minimum atomic E-state index is -1.03. The molecule has 1 N–H and O–H groups in total. The second-order valence-electron chi connectivity index (χ2n) is 8.29. The van der Waals surface area contributed by atoms with Crippen molar-refractivity contribution in [2.75, 3.05) is 26.7 Å². The van der Waals surface area contributed by atoms with E-state index in [0.717, 1.165) is 36.5 Å². The number of nitrogens with zero attached hydrogens (tertiary/aromatic N) is 1. The Bertz CT molecular complexity index is 905. The van der Waals surface area contributed by atoms with Gasteiger partial charge in [0.1, 0.15) is 11.4 Å². The molecule has 1 aliphatic heterocycles. The molecule has 3 aromatic carbocycles. The molecule has 3 heteroatoms. The highest BCUT2D eigenvalue weighted by molar-refractivity contribution is 5.37. The van der Waals surface area contributed by atoms with Crippen molar-refractivity contribution < 1.29 is 9.84 Å².